The predicted molar refractivity (Wildman–Crippen MR) is 72.1 cm³/mol. The number of fused-ring (bicyclic) bond motifs is 1. The Labute approximate surface area is 111 Å². The van der Waals surface area contributed by atoms with Crippen LogP contribution in [0.4, 0.5) is 0 Å². The molecule has 1 amide bonds. The Morgan fingerprint density at radius 2 is 2.11 bits per heavy atom. The number of rotatable bonds is 3. The molecule has 1 aromatic rings. The number of nitrogens with one attached hydrogen (secondary N) is 1. The summed E-state index contributed by atoms with van der Waals surface area (Å²) in [4.78, 5) is 14.4. The highest BCUT2D eigenvalue weighted by Gasteiger charge is 2.38. The number of carbonyl (C=O) groups excluding carboxylic acids is 1. The van der Waals surface area contributed by atoms with E-state index in [0.717, 1.165) is 37.0 Å². The molecule has 18 heavy (non-hydrogen) atoms. The molecule has 1 heterocycles. The number of aliphatic hydroxyl groups excluding tert-OH is 1. The SMILES string of the molecule is O=C(NC1(CO)CCC1)c1cc2c(s1)CCCC2. The van der Waals surface area contributed by atoms with Crippen LogP contribution < -0.4 is 5.32 Å². The first kappa shape index (κ1) is 12.2. The van der Waals surface area contributed by atoms with Gasteiger partial charge >= 0.3 is 0 Å². The summed E-state index contributed by atoms with van der Waals surface area (Å²) in [5.41, 5.74) is 1.03. The Kier molecular flexibility index (Phi) is 3.16. The van der Waals surface area contributed by atoms with Crippen LogP contribution in [0.5, 0.6) is 0 Å². The lowest BCUT2D eigenvalue weighted by Gasteiger charge is -2.40. The predicted octanol–water partition coefficient (Wildman–Crippen LogP) is 2.27. The topological polar surface area (TPSA) is 49.3 Å². The van der Waals surface area contributed by atoms with Crippen molar-refractivity contribution in [3.05, 3.63) is 21.4 Å². The van der Waals surface area contributed by atoms with Crippen molar-refractivity contribution in [2.45, 2.75) is 50.5 Å². The average molecular weight is 265 g/mol. The first-order chi connectivity index (χ1) is 8.72. The summed E-state index contributed by atoms with van der Waals surface area (Å²) >= 11 is 1.64. The number of hydrogen-bond donors (Lipinski definition) is 2. The third kappa shape index (κ3) is 2.08. The zero-order valence-electron chi connectivity index (χ0n) is 10.5. The van der Waals surface area contributed by atoms with E-state index in [1.165, 1.54) is 23.3 Å². The smallest absolute Gasteiger partial charge is 0.261 e. The second-order valence-corrected chi connectivity index (χ2v) is 6.65. The maximum absolute atomic E-state index is 12.2. The van der Waals surface area contributed by atoms with Gasteiger partial charge in [-0.05, 0) is 56.6 Å². The van der Waals surface area contributed by atoms with E-state index in [1.54, 1.807) is 11.3 Å². The van der Waals surface area contributed by atoms with Gasteiger partial charge in [0.1, 0.15) is 0 Å². The number of thiophene rings is 1. The molecule has 3 nitrogen and oxygen atoms in total. The van der Waals surface area contributed by atoms with Gasteiger partial charge in [0, 0.05) is 4.88 Å². The van der Waals surface area contributed by atoms with Gasteiger partial charge in [0.05, 0.1) is 17.0 Å². The van der Waals surface area contributed by atoms with Crippen LogP contribution in [0.3, 0.4) is 0 Å². The lowest BCUT2D eigenvalue weighted by Crippen LogP contribution is -2.56. The second kappa shape index (κ2) is 4.67. The van der Waals surface area contributed by atoms with E-state index >= 15 is 0 Å². The van der Waals surface area contributed by atoms with E-state index < -0.39 is 0 Å². The molecule has 4 heteroatoms. The molecule has 3 rings (SSSR count). The summed E-state index contributed by atoms with van der Waals surface area (Å²) in [6, 6.07) is 2.05. The molecule has 2 N–H and O–H groups in total. The third-order valence-corrected chi connectivity index (χ3v) is 5.45. The van der Waals surface area contributed by atoms with Gasteiger partial charge < -0.3 is 10.4 Å². The Bertz CT molecular complexity index is 433. The van der Waals surface area contributed by atoms with Gasteiger partial charge in [-0.3, -0.25) is 4.79 Å². The van der Waals surface area contributed by atoms with Crippen LogP contribution in [0.2, 0.25) is 0 Å². The molecule has 0 bridgehead atoms. The Morgan fingerprint density at radius 1 is 1.33 bits per heavy atom. The van der Waals surface area contributed by atoms with Gasteiger partial charge in [-0.2, -0.15) is 0 Å². The van der Waals surface area contributed by atoms with Gasteiger partial charge in [0.2, 0.25) is 0 Å². The molecule has 0 radical (unpaired) electrons. The Hall–Kier alpha value is -0.870. The number of amides is 1. The summed E-state index contributed by atoms with van der Waals surface area (Å²) in [7, 11) is 0. The van der Waals surface area contributed by atoms with Crippen LogP contribution in [0.15, 0.2) is 6.07 Å². The molecule has 1 fully saturated rings. The van der Waals surface area contributed by atoms with Gasteiger partial charge in [-0.1, -0.05) is 0 Å². The lowest BCUT2D eigenvalue weighted by atomic mass is 9.77. The summed E-state index contributed by atoms with van der Waals surface area (Å²) in [6.07, 6.45) is 7.63. The standard InChI is InChI=1S/C14H19NO2S/c16-9-14(6-3-7-14)15-13(17)12-8-10-4-1-2-5-11(10)18-12/h8,16H,1-7,9H2,(H,15,17). The molecule has 0 aromatic carbocycles. The van der Waals surface area contributed by atoms with Crippen LogP contribution >= 0.6 is 11.3 Å². The quantitative estimate of drug-likeness (QED) is 0.881. The minimum atomic E-state index is -0.332. The second-order valence-electron chi connectivity index (χ2n) is 5.51. The third-order valence-electron chi connectivity index (χ3n) is 4.21. The van der Waals surface area contributed by atoms with E-state index in [4.69, 9.17) is 0 Å². The van der Waals surface area contributed by atoms with Crippen LogP contribution in [0, 0.1) is 0 Å². The van der Waals surface area contributed by atoms with E-state index in [2.05, 4.69) is 11.4 Å². The molecule has 0 atom stereocenters. The fraction of sp³-hybridized carbons (Fsp3) is 0.643. The lowest BCUT2D eigenvalue weighted by molar-refractivity contribution is 0.0645. The first-order valence-corrected chi connectivity index (χ1v) is 7.59. The Balaban J connectivity index is 1.74. The highest BCUT2D eigenvalue weighted by atomic mass is 32.1. The van der Waals surface area contributed by atoms with Gasteiger partial charge in [-0.25, -0.2) is 0 Å². The maximum atomic E-state index is 12.2. The van der Waals surface area contributed by atoms with Crippen LogP contribution in [-0.4, -0.2) is 23.2 Å². The zero-order chi connectivity index (χ0) is 12.6. The van der Waals surface area contributed by atoms with Crippen molar-refractivity contribution in [1.82, 2.24) is 5.32 Å². The minimum absolute atomic E-state index is 0.00292. The molecule has 1 aromatic heterocycles. The van der Waals surface area contributed by atoms with Crippen molar-refractivity contribution in [3.8, 4) is 0 Å². The summed E-state index contributed by atoms with van der Waals surface area (Å²) in [6.45, 7) is 0.0594. The van der Waals surface area contributed by atoms with Crippen molar-refractivity contribution in [2.75, 3.05) is 6.61 Å². The summed E-state index contributed by atoms with van der Waals surface area (Å²) < 4.78 is 0. The highest BCUT2D eigenvalue weighted by molar-refractivity contribution is 7.14. The molecule has 2 aliphatic rings. The van der Waals surface area contributed by atoms with Crippen molar-refractivity contribution in [1.29, 1.82) is 0 Å². The number of aliphatic hydroxyl groups is 1. The molecule has 0 spiro atoms. The normalized spacial score (nSPS) is 20.9. The molecule has 2 aliphatic carbocycles. The molecule has 1 saturated carbocycles. The average Bonchev–Trinajstić information content (AvgIpc) is 2.77. The maximum Gasteiger partial charge on any atom is 0.261 e. The van der Waals surface area contributed by atoms with Crippen molar-refractivity contribution >= 4 is 17.2 Å². The fourth-order valence-electron chi connectivity index (χ4n) is 2.83. The number of aryl methyl sites for hydroxylation is 2. The summed E-state index contributed by atoms with van der Waals surface area (Å²) in [5.74, 6) is 0.00292. The van der Waals surface area contributed by atoms with E-state index in [-0.39, 0.29) is 18.1 Å². The zero-order valence-corrected chi connectivity index (χ0v) is 11.3. The first-order valence-electron chi connectivity index (χ1n) is 6.77. The fourth-order valence-corrected chi connectivity index (χ4v) is 3.98. The number of hydrogen-bond acceptors (Lipinski definition) is 3. The van der Waals surface area contributed by atoms with Gasteiger partial charge in [-0.15, -0.1) is 11.3 Å². The molecule has 0 aliphatic heterocycles. The molecule has 98 valence electrons. The molecule has 0 saturated heterocycles. The Morgan fingerprint density at radius 3 is 2.72 bits per heavy atom. The van der Waals surface area contributed by atoms with E-state index in [9.17, 15) is 9.90 Å². The highest BCUT2D eigenvalue weighted by Crippen LogP contribution is 2.33. The van der Waals surface area contributed by atoms with Crippen LogP contribution in [0.1, 0.15) is 52.2 Å². The van der Waals surface area contributed by atoms with Crippen molar-refractivity contribution in [3.63, 3.8) is 0 Å². The monoisotopic (exact) mass is 265 g/mol. The van der Waals surface area contributed by atoms with Crippen LogP contribution in [0.25, 0.3) is 0 Å². The molecular weight excluding hydrogens is 246 g/mol. The van der Waals surface area contributed by atoms with E-state index in [0.29, 0.717) is 0 Å². The van der Waals surface area contributed by atoms with Gasteiger partial charge in [0.15, 0.2) is 0 Å². The minimum Gasteiger partial charge on any atom is -0.394 e. The van der Waals surface area contributed by atoms with Crippen molar-refractivity contribution < 1.29 is 9.90 Å². The number of carbonyl (C=O) groups is 1. The van der Waals surface area contributed by atoms with Crippen LogP contribution in [-0.2, 0) is 12.8 Å². The molecule has 0 unspecified atom stereocenters. The van der Waals surface area contributed by atoms with Crippen molar-refractivity contribution in [2.24, 2.45) is 0 Å². The summed E-state index contributed by atoms with van der Waals surface area (Å²) in [5, 5.41) is 12.4. The largest absolute Gasteiger partial charge is 0.394 e. The van der Waals surface area contributed by atoms with E-state index in [1.807, 2.05) is 0 Å². The molecular formula is C14H19NO2S. The van der Waals surface area contributed by atoms with Gasteiger partial charge in [0.25, 0.3) is 5.91 Å².